The van der Waals surface area contributed by atoms with Gasteiger partial charge in [0.25, 0.3) is 0 Å². The Morgan fingerprint density at radius 3 is 2.33 bits per heavy atom. The van der Waals surface area contributed by atoms with Crippen molar-refractivity contribution in [1.29, 1.82) is 0 Å². The van der Waals surface area contributed by atoms with E-state index in [2.05, 4.69) is 12.1 Å². The number of hydrogen-bond acceptors (Lipinski definition) is 4. The Morgan fingerprint density at radius 2 is 1.62 bits per heavy atom. The topological polar surface area (TPSA) is 44.8 Å². The van der Waals surface area contributed by atoms with Crippen LogP contribution >= 0.6 is 0 Å². The van der Waals surface area contributed by atoms with Gasteiger partial charge in [0.1, 0.15) is 17.2 Å². The van der Waals surface area contributed by atoms with E-state index in [1.165, 1.54) is 11.1 Å². The van der Waals surface area contributed by atoms with Crippen LogP contribution in [0.4, 0.5) is 0 Å². The molecular formula is C20H22O4. The Morgan fingerprint density at radius 1 is 0.917 bits per heavy atom. The second-order valence-electron chi connectivity index (χ2n) is 6.00. The number of aryl methyl sites for hydroxylation is 1. The van der Waals surface area contributed by atoms with Crippen molar-refractivity contribution >= 4 is 5.78 Å². The van der Waals surface area contributed by atoms with Crippen LogP contribution in [0, 0.1) is 5.92 Å². The molecule has 24 heavy (non-hydrogen) atoms. The summed E-state index contributed by atoms with van der Waals surface area (Å²) in [4.78, 5) is 13.0. The predicted molar refractivity (Wildman–Crippen MR) is 92.4 cm³/mol. The first-order valence-corrected chi connectivity index (χ1v) is 8.08. The van der Waals surface area contributed by atoms with Gasteiger partial charge in [0, 0.05) is 12.0 Å². The van der Waals surface area contributed by atoms with Gasteiger partial charge in [-0.25, -0.2) is 0 Å². The highest BCUT2D eigenvalue weighted by atomic mass is 16.5. The largest absolute Gasteiger partial charge is 0.497 e. The van der Waals surface area contributed by atoms with E-state index in [0.717, 1.165) is 25.0 Å². The van der Waals surface area contributed by atoms with E-state index in [9.17, 15) is 4.79 Å². The molecule has 3 rings (SSSR count). The lowest BCUT2D eigenvalue weighted by molar-refractivity contribution is 0.0905. The molecule has 0 amide bonds. The number of rotatable bonds is 5. The van der Waals surface area contributed by atoms with Gasteiger partial charge in [-0.2, -0.15) is 0 Å². The van der Waals surface area contributed by atoms with Crippen LogP contribution in [-0.2, 0) is 12.8 Å². The highest BCUT2D eigenvalue weighted by Gasteiger charge is 2.27. The molecule has 1 aliphatic rings. The molecule has 0 heterocycles. The van der Waals surface area contributed by atoms with Crippen LogP contribution in [0.3, 0.4) is 0 Å². The lowest BCUT2D eigenvalue weighted by Gasteiger charge is -2.24. The molecule has 0 saturated carbocycles. The number of carbonyl (C=O) groups is 1. The van der Waals surface area contributed by atoms with Crippen LogP contribution in [0.25, 0.3) is 0 Å². The van der Waals surface area contributed by atoms with Crippen LogP contribution in [-0.4, -0.2) is 27.1 Å². The van der Waals surface area contributed by atoms with Gasteiger partial charge in [-0.1, -0.05) is 6.07 Å². The average Bonchev–Trinajstić information content (AvgIpc) is 2.65. The third-order valence-electron chi connectivity index (χ3n) is 4.69. The zero-order valence-electron chi connectivity index (χ0n) is 14.3. The summed E-state index contributed by atoms with van der Waals surface area (Å²) < 4.78 is 15.9. The lowest BCUT2D eigenvalue weighted by Crippen LogP contribution is -2.23. The highest BCUT2D eigenvalue weighted by molar-refractivity contribution is 6.00. The molecule has 0 aliphatic heterocycles. The van der Waals surface area contributed by atoms with Crippen LogP contribution < -0.4 is 14.2 Å². The Kier molecular flexibility index (Phi) is 4.74. The third kappa shape index (κ3) is 3.09. The summed E-state index contributed by atoms with van der Waals surface area (Å²) in [6, 6.07) is 11.5. The summed E-state index contributed by atoms with van der Waals surface area (Å²) in [6.07, 6.45) is 2.49. The van der Waals surface area contributed by atoms with Crippen molar-refractivity contribution in [2.24, 2.45) is 5.92 Å². The number of benzene rings is 2. The molecule has 2 aromatic carbocycles. The molecule has 1 aliphatic carbocycles. The Hall–Kier alpha value is -2.49. The zero-order valence-corrected chi connectivity index (χ0v) is 14.3. The van der Waals surface area contributed by atoms with Crippen LogP contribution in [0.1, 0.15) is 27.9 Å². The van der Waals surface area contributed by atoms with E-state index in [-0.39, 0.29) is 11.7 Å². The zero-order chi connectivity index (χ0) is 17.1. The van der Waals surface area contributed by atoms with Crippen molar-refractivity contribution in [3.63, 3.8) is 0 Å². The summed E-state index contributed by atoms with van der Waals surface area (Å²) in [5.41, 5.74) is 3.13. The summed E-state index contributed by atoms with van der Waals surface area (Å²) >= 11 is 0. The van der Waals surface area contributed by atoms with E-state index >= 15 is 0 Å². The second-order valence-corrected chi connectivity index (χ2v) is 6.00. The highest BCUT2D eigenvalue weighted by Crippen LogP contribution is 2.33. The molecule has 0 N–H and O–H groups in total. The average molecular weight is 326 g/mol. The molecule has 4 heteroatoms. The molecular weight excluding hydrogens is 304 g/mol. The molecule has 0 radical (unpaired) electrons. The summed E-state index contributed by atoms with van der Waals surface area (Å²) in [5.74, 6) is 2.24. The quantitative estimate of drug-likeness (QED) is 0.786. The van der Waals surface area contributed by atoms with Crippen molar-refractivity contribution < 1.29 is 19.0 Å². The first-order valence-electron chi connectivity index (χ1n) is 8.08. The molecule has 0 saturated heterocycles. The number of ketones is 1. The van der Waals surface area contributed by atoms with Crippen molar-refractivity contribution in [2.45, 2.75) is 19.3 Å². The minimum Gasteiger partial charge on any atom is -0.497 e. The standard InChI is InChI=1S/C20H22O4/c1-22-16-7-6-13-10-15(5-4-14(13)11-16)20(21)18-9-8-17(23-2)12-19(18)24-3/h6-9,11-12,15H,4-5,10H2,1-3H3. The molecule has 1 atom stereocenters. The van der Waals surface area contributed by atoms with Gasteiger partial charge < -0.3 is 14.2 Å². The number of hydrogen-bond donors (Lipinski definition) is 0. The summed E-state index contributed by atoms with van der Waals surface area (Å²) in [5, 5.41) is 0. The maximum Gasteiger partial charge on any atom is 0.170 e. The maximum absolute atomic E-state index is 13.0. The first kappa shape index (κ1) is 16.4. The number of Topliss-reactive ketones (excluding diaryl/α,β-unsaturated/α-hetero) is 1. The number of carbonyl (C=O) groups excluding carboxylic acids is 1. The van der Waals surface area contributed by atoms with Crippen molar-refractivity contribution in [3.8, 4) is 17.2 Å². The Bertz CT molecular complexity index is 751. The molecule has 0 spiro atoms. The number of fused-ring (bicyclic) bond motifs is 1. The van der Waals surface area contributed by atoms with Gasteiger partial charge in [-0.3, -0.25) is 4.79 Å². The Labute approximate surface area is 142 Å². The van der Waals surface area contributed by atoms with Crippen LogP contribution in [0.5, 0.6) is 17.2 Å². The van der Waals surface area contributed by atoms with Gasteiger partial charge in [0.15, 0.2) is 5.78 Å². The SMILES string of the molecule is COc1ccc2c(c1)CCC(C(=O)c1ccc(OC)cc1OC)C2. The van der Waals surface area contributed by atoms with E-state index in [1.807, 2.05) is 6.07 Å². The van der Waals surface area contributed by atoms with Crippen LogP contribution in [0.2, 0.25) is 0 Å². The van der Waals surface area contributed by atoms with Gasteiger partial charge in [-0.15, -0.1) is 0 Å². The molecule has 0 fully saturated rings. The monoisotopic (exact) mass is 326 g/mol. The van der Waals surface area contributed by atoms with Gasteiger partial charge in [0.05, 0.1) is 26.9 Å². The third-order valence-corrected chi connectivity index (χ3v) is 4.69. The van der Waals surface area contributed by atoms with Gasteiger partial charge >= 0.3 is 0 Å². The van der Waals surface area contributed by atoms with E-state index < -0.39 is 0 Å². The fraction of sp³-hybridized carbons (Fsp3) is 0.350. The minimum atomic E-state index is -0.0202. The summed E-state index contributed by atoms with van der Waals surface area (Å²) in [6.45, 7) is 0. The van der Waals surface area contributed by atoms with Crippen molar-refractivity contribution in [1.82, 2.24) is 0 Å². The molecule has 0 bridgehead atoms. The van der Waals surface area contributed by atoms with E-state index in [1.54, 1.807) is 39.5 Å². The molecule has 1 unspecified atom stereocenters. The molecule has 4 nitrogen and oxygen atoms in total. The fourth-order valence-electron chi connectivity index (χ4n) is 3.30. The van der Waals surface area contributed by atoms with Crippen LogP contribution in [0.15, 0.2) is 36.4 Å². The normalized spacial score (nSPS) is 16.2. The smallest absolute Gasteiger partial charge is 0.170 e. The van der Waals surface area contributed by atoms with Crippen molar-refractivity contribution in [2.75, 3.05) is 21.3 Å². The predicted octanol–water partition coefficient (Wildman–Crippen LogP) is 3.70. The molecule has 2 aromatic rings. The molecule has 126 valence electrons. The van der Waals surface area contributed by atoms with Gasteiger partial charge in [-0.05, 0) is 54.7 Å². The lowest BCUT2D eigenvalue weighted by atomic mass is 9.80. The summed E-state index contributed by atoms with van der Waals surface area (Å²) in [7, 11) is 4.85. The van der Waals surface area contributed by atoms with E-state index in [4.69, 9.17) is 14.2 Å². The Balaban J connectivity index is 1.84. The second kappa shape index (κ2) is 6.95. The number of ether oxygens (including phenoxy) is 3. The number of methoxy groups -OCH3 is 3. The first-order chi connectivity index (χ1) is 11.7. The maximum atomic E-state index is 13.0. The fourth-order valence-corrected chi connectivity index (χ4v) is 3.30. The van der Waals surface area contributed by atoms with Crippen molar-refractivity contribution in [3.05, 3.63) is 53.1 Å². The molecule has 0 aromatic heterocycles. The van der Waals surface area contributed by atoms with Gasteiger partial charge in [0.2, 0.25) is 0 Å². The van der Waals surface area contributed by atoms with E-state index in [0.29, 0.717) is 17.1 Å². The minimum absolute atomic E-state index is 0.0202.